The van der Waals surface area contributed by atoms with E-state index in [0.29, 0.717) is 18.5 Å². The summed E-state index contributed by atoms with van der Waals surface area (Å²) in [5, 5.41) is 5.43. The maximum atomic E-state index is 13.2. The first-order chi connectivity index (χ1) is 15.3. The monoisotopic (exact) mass is 453 g/mol. The van der Waals surface area contributed by atoms with Gasteiger partial charge in [-0.2, -0.15) is 0 Å². The van der Waals surface area contributed by atoms with Gasteiger partial charge in [-0.1, -0.05) is 45.0 Å². The first-order valence-electron chi connectivity index (χ1n) is 11.1. The number of halogens is 1. The Kier molecular flexibility index (Phi) is 6.63. The molecular weight excluding hydrogens is 421 g/mol. The number of nitrogens with zero attached hydrogens (tertiary/aromatic N) is 1. The Morgan fingerprint density at radius 1 is 1.09 bits per heavy atom. The van der Waals surface area contributed by atoms with Crippen LogP contribution in [0.2, 0.25) is 0 Å². The highest BCUT2D eigenvalue weighted by Gasteiger charge is 2.49. The molecule has 4 amide bonds. The number of carbonyl (C=O) groups is 3. The minimum atomic E-state index is -1.34. The normalized spacial score (nSPS) is 18.5. The van der Waals surface area contributed by atoms with Crippen LogP contribution in [0.4, 0.5) is 9.18 Å². The van der Waals surface area contributed by atoms with E-state index in [2.05, 4.69) is 57.4 Å². The van der Waals surface area contributed by atoms with Gasteiger partial charge in [-0.3, -0.25) is 14.5 Å². The number of aryl methyl sites for hydroxylation is 2. The zero-order valence-electron chi connectivity index (χ0n) is 20.1. The van der Waals surface area contributed by atoms with E-state index in [1.165, 1.54) is 46.5 Å². The highest BCUT2D eigenvalue weighted by Crippen LogP contribution is 2.29. The Bertz CT molecular complexity index is 1070. The fourth-order valence-corrected chi connectivity index (χ4v) is 4.17. The van der Waals surface area contributed by atoms with Crippen molar-refractivity contribution in [3.05, 3.63) is 70.0 Å². The summed E-state index contributed by atoms with van der Waals surface area (Å²) in [7, 11) is 0. The second kappa shape index (κ2) is 8.96. The van der Waals surface area contributed by atoms with Gasteiger partial charge in [0.1, 0.15) is 17.9 Å². The van der Waals surface area contributed by atoms with Crippen LogP contribution in [0.15, 0.2) is 36.4 Å². The van der Waals surface area contributed by atoms with E-state index in [-0.39, 0.29) is 12.0 Å². The predicted octanol–water partition coefficient (Wildman–Crippen LogP) is 3.87. The van der Waals surface area contributed by atoms with Gasteiger partial charge in [-0.15, -0.1) is 0 Å². The summed E-state index contributed by atoms with van der Waals surface area (Å²) >= 11 is 0. The van der Waals surface area contributed by atoms with Crippen molar-refractivity contribution in [2.75, 3.05) is 13.1 Å². The molecule has 3 rings (SSSR count). The summed E-state index contributed by atoms with van der Waals surface area (Å²) in [6.07, 6.45) is 0.654. The minimum absolute atomic E-state index is 0.0630. The van der Waals surface area contributed by atoms with Crippen LogP contribution >= 0.6 is 0 Å². The third kappa shape index (κ3) is 5.07. The number of amides is 4. The number of carbonyl (C=O) groups excluding carboxylic acids is 3. The lowest BCUT2D eigenvalue weighted by molar-refractivity contribution is -0.134. The molecular formula is C26H32FN3O3. The molecule has 1 aliphatic heterocycles. The first-order valence-corrected chi connectivity index (χ1v) is 11.1. The quantitative estimate of drug-likeness (QED) is 0.652. The van der Waals surface area contributed by atoms with Gasteiger partial charge in [0.2, 0.25) is 5.91 Å². The molecule has 2 aromatic rings. The third-order valence-corrected chi connectivity index (χ3v) is 6.26. The predicted molar refractivity (Wildman–Crippen MR) is 125 cm³/mol. The van der Waals surface area contributed by atoms with E-state index in [9.17, 15) is 18.8 Å². The average molecular weight is 454 g/mol. The second-order valence-corrected chi connectivity index (χ2v) is 9.89. The van der Waals surface area contributed by atoms with Gasteiger partial charge in [-0.25, -0.2) is 9.18 Å². The number of imide groups is 1. The Labute approximate surface area is 194 Å². The lowest BCUT2D eigenvalue weighted by atomic mass is 9.83. The van der Waals surface area contributed by atoms with Crippen LogP contribution in [0.1, 0.15) is 55.5 Å². The van der Waals surface area contributed by atoms with Gasteiger partial charge in [-0.05, 0) is 72.6 Å². The van der Waals surface area contributed by atoms with Gasteiger partial charge < -0.3 is 10.6 Å². The minimum Gasteiger partial charge on any atom is -0.354 e. The number of rotatable bonds is 6. The van der Waals surface area contributed by atoms with E-state index < -0.39 is 29.2 Å². The van der Waals surface area contributed by atoms with Crippen molar-refractivity contribution < 1.29 is 18.8 Å². The summed E-state index contributed by atoms with van der Waals surface area (Å²) in [5.74, 6) is -1.39. The van der Waals surface area contributed by atoms with E-state index in [0.717, 1.165) is 4.90 Å². The number of benzene rings is 2. The van der Waals surface area contributed by atoms with Gasteiger partial charge in [0, 0.05) is 6.54 Å². The lowest BCUT2D eigenvalue weighted by Crippen LogP contribution is -2.43. The van der Waals surface area contributed by atoms with Crippen molar-refractivity contribution in [1.82, 2.24) is 15.5 Å². The third-order valence-electron chi connectivity index (χ3n) is 6.26. The van der Waals surface area contributed by atoms with Crippen molar-refractivity contribution in [3.63, 3.8) is 0 Å². The smallest absolute Gasteiger partial charge is 0.325 e. The lowest BCUT2D eigenvalue weighted by Gasteiger charge is -2.23. The molecule has 1 fully saturated rings. The number of hydrogen-bond donors (Lipinski definition) is 2. The molecule has 7 heteroatoms. The molecule has 0 spiro atoms. The summed E-state index contributed by atoms with van der Waals surface area (Å²) in [4.78, 5) is 38.7. The molecule has 0 bridgehead atoms. The molecule has 1 saturated heterocycles. The maximum absolute atomic E-state index is 13.2. The number of nitrogens with one attached hydrogen (secondary N) is 2. The maximum Gasteiger partial charge on any atom is 0.325 e. The van der Waals surface area contributed by atoms with Crippen molar-refractivity contribution in [1.29, 1.82) is 0 Å². The highest BCUT2D eigenvalue weighted by atomic mass is 19.1. The van der Waals surface area contributed by atoms with Crippen molar-refractivity contribution >= 4 is 17.8 Å². The Balaban J connectivity index is 1.61. The van der Waals surface area contributed by atoms with Crippen molar-refractivity contribution in [2.24, 2.45) is 0 Å². The summed E-state index contributed by atoms with van der Waals surface area (Å²) in [6.45, 7) is 12.3. The SMILES string of the molecule is Cc1cc(C(C)(C)C)cc(C)c1CCNC(=O)CN1C(=O)N[C@](C)(c2ccc(F)cc2)C1=O. The molecule has 1 aliphatic rings. The zero-order valence-corrected chi connectivity index (χ0v) is 20.1. The molecule has 0 aliphatic carbocycles. The molecule has 2 aromatic carbocycles. The molecule has 0 radical (unpaired) electrons. The molecule has 2 N–H and O–H groups in total. The molecule has 6 nitrogen and oxygen atoms in total. The van der Waals surface area contributed by atoms with Gasteiger partial charge in [0.15, 0.2) is 0 Å². The Hall–Kier alpha value is -3.22. The fraction of sp³-hybridized carbons (Fsp3) is 0.423. The van der Waals surface area contributed by atoms with Gasteiger partial charge in [0.25, 0.3) is 5.91 Å². The van der Waals surface area contributed by atoms with Crippen LogP contribution in [0, 0.1) is 19.7 Å². The molecule has 1 heterocycles. The summed E-state index contributed by atoms with van der Waals surface area (Å²) in [5.41, 5.74) is 3.99. The van der Waals surface area contributed by atoms with Crippen LogP contribution in [-0.4, -0.2) is 35.8 Å². The first kappa shape index (κ1) is 24.4. The van der Waals surface area contributed by atoms with Crippen molar-refractivity contribution in [3.8, 4) is 0 Å². The molecule has 33 heavy (non-hydrogen) atoms. The van der Waals surface area contributed by atoms with E-state index in [1.807, 2.05) is 0 Å². The van der Waals surface area contributed by atoms with Crippen LogP contribution in [0.25, 0.3) is 0 Å². The second-order valence-electron chi connectivity index (χ2n) is 9.89. The van der Waals surface area contributed by atoms with Gasteiger partial charge >= 0.3 is 6.03 Å². The Morgan fingerprint density at radius 2 is 1.67 bits per heavy atom. The van der Waals surface area contributed by atoms with Crippen LogP contribution < -0.4 is 10.6 Å². The summed E-state index contributed by atoms with van der Waals surface area (Å²) in [6, 6.07) is 9.09. The van der Waals surface area contributed by atoms with Crippen LogP contribution in [0.3, 0.4) is 0 Å². The van der Waals surface area contributed by atoms with Crippen molar-refractivity contribution in [2.45, 2.75) is 58.9 Å². The zero-order chi connectivity index (χ0) is 24.6. The Morgan fingerprint density at radius 3 is 2.21 bits per heavy atom. The number of urea groups is 1. The topological polar surface area (TPSA) is 78.5 Å². The highest BCUT2D eigenvalue weighted by molar-refractivity contribution is 6.09. The standard InChI is InChI=1S/C26H32FN3O3/c1-16-13-19(25(3,4)5)14-17(2)21(16)11-12-28-22(31)15-30-23(32)26(6,29-24(30)33)18-7-9-20(27)10-8-18/h7-10,13-14H,11-12,15H2,1-6H3,(H,28,31)(H,29,33)/t26-/m1/s1. The number of hydrogen-bond acceptors (Lipinski definition) is 3. The molecule has 0 aromatic heterocycles. The van der Waals surface area contributed by atoms with E-state index in [4.69, 9.17) is 0 Å². The average Bonchev–Trinajstić information content (AvgIpc) is 2.93. The fourth-order valence-electron chi connectivity index (χ4n) is 4.17. The molecule has 0 saturated carbocycles. The van der Waals surface area contributed by atoms with E-state index >= 15 is 0 Å². The molecule has 1 atom stereocenters. The van der Waals surface area contributed by atoms with Gasteiger partial charge in [0.05, 0.1) is 0 Å². The summed E-state index contributed by atoms with van der Waals surface area (Å²) < 4.78 is 13.2. The van der Waals surface area contributed by atoms with E-state index in [1.54, 1.807) is 6.92 Å². The van der Waals surface area contributed by atoms with Crippen LogP contribution in [-0.2, 0) is 27.0 Å². The largest absolute Gasteiger partial charge is 0.354 e. The van der Waals surface area contributed by atoms with Crippen LogP contribution in [0.5, 0.6) is 0 Å². The molecule has 176 valence electrons. The molecule has 0 unspecified atom stereocenters.